The minimum atomic E-state index is 0.716. The van der Waals surface area contributed by atoms with Crippen molar-refractivity contribution in [3.63, 3.8) is 0 Å². The predicted octanol–water partition coefficient (Wildman–Crippen LogP) is 4.52. The van der Waals surface area contributed by atoms with Crippen molar-refractivity contribution >= 4 is 21.6 Å². The maximum Gasteiger partial charge on any atom is 0.0413 e. The highest BCUT2D eigenvalue weighted by Gasteiger charge is 2.29. The summed E-state index contributed by atoms with van der Waals surface area (Å²) < 4.78 is 1.20. The van der Waals surface area contributed by atoms with Gasteiger partial charge in [-0.25, -0.2) is 0 Å². The Kier molecular flexibility index (Phi) is 4.91. The zero-order valence-electron chi connectivity index (χ0n) is 14.1. The molecule has 1 saturated heterocycles. The number of fused-ring (bicyclic) bond motifs is 1. The summed E-state index contributed by atoms with van der Waals surface area (Å²) in [6.07, 6.45) is 4.96. The quantitative estimate of drug-likeness (QED) is 0.764. The monoisotopic (exact) mass is 384 g/mol. The van der Waals surface area contributed by atoms with E-state index in [0.717, 1.165) is 0 Å². The van der Waals surface area contributed by atoms with E-state index in [2.05, 4.69) is 74.3 Å². The van der Waals surface area contributed by atoms with Gasteiger partial charge in [-0.1, -0.05) is 52.3 Å². The number of hydrogen-bond acceptors (Lipinski definition) is 2. The predicted molar refractivity (Wildman–Crippen MR) is 105 cm³/mol. The van der Waals surface area contributed by atoms with Crippen LogP contribution in [0, 0.1) is 0 Å². The SMILES string of the molecule is Brc1ccc2c(c1)N(C1CCN(CCc3ccccc3)CC1)CC2. The van der Waals surface area contributed by atoms with Crippen molar-refractivity contribution in [2.24, 2.45) is 0 Å². The molecule has 0 unspecified atom stereocenters. The van der Waals surface area contributed by atoms with E-state index in [1.807, 2.05) is 0 Å². The molecule has 2 aliphatic rings. The standard InChI is InChI=1S/C21H25BrN2/c22-19-7-6-18-9-15-24(21(18)16-19)20-10-13-23(14-11-20)12-8-17-4-2-1-3-5-17/h1-7,16,20H,8-15H2. The third-order valence-corrected chi connectivity index (χ3v) is 6.03. The summed E-state index contributed by atoms with van der Waals surface area (Å²) in [5.74, 6) is 0. The van der Waals surface area contributed by atoms with Crippen LogP contribution in [0.15, 0.2) is 53.0 Å². The molecule has 24 heavy (non-hydrogen) atoms. The lowest BCUT2D eigenvalue weighted by Gasteiger charge is -2.38. The summed E-state index contributed by atoms with van der Waals surface area (Å²) in [5.41, 5.74) is 4.44. The molecule has 0 bridgehead atoms. The Hall–Kier alpha value is -1.32. The van der Waals surface area contributed by atoms with E-state index in [4.69, 9.17) is 0 Å². The fourth-order valence-corrected chi connectivity index (χ4v) is 4.49. The van der Waals surface area contributed by atoms with Crippen molar-refractivity contribution in [3.05, 3.63) is 64.1 Å². The first-order valence-corrected chi connectivity index (χ1v) is 9.90. The molecule has 4 rings (SSSR count). The normalized spacial score (nSPS) is 18.8. The first-order valence-electron chi connectivity index (χ1n) is 9.11. The molecule has 2 nitrogen and oxygen atoms in total. The largest absolute Gasteiger partial charge is 0.368 e. The van der Waals surface area contributed by atoms with E-state index in [0.29, 0.717) is 6.04 Å². The first-order chi connectivity index (χ1) is 11.8. The van der Waals surface area contributed by atoms with E-state index in [1.165, 1.54) is 73.1 Å². The van der Waals surface area contributed by atoms with Crippen LogP contribution in [0.25, 0.3) is 0 Å². The highest BCUT2D eigenvalue weighted by molar-refractivity contribution is 9.10. The van der Waals surface area contributed by atoms with Crippen LogP contribution in [0.3, 0.4) is 0 Å². The molecular formula is C21H25BrN2. The second kappa shape index (κ2) is 7.28. The number of likely N-dealkylation sites (tertiary alicyclic amines) is 1. The Balaban J connectivity index is 1.32. The maximum atomic E-state index is 3.63. The van der Waals surface area contributed by atoms with Crippen LogP contribution >= 0.6 is 15.9 Å². The van der Waals surface area contributed by atoms with Gasteiger partial charge in [-0.05, 0) is 48.9 Å². The molecule has 0 N–H and O–H groups in total. The fraction of sp³-hybridized carbons (Fsp3) is 0.429. The summed E-state index contributed by atoms with van der Waals surface area (Å²) in [5, 5.41) is 0. The number of hydrogen-bond donors (Lipinski definition) is 0. The zero-order valence-corrected chi connectivity index (χ0v) is 15.7. The molecule has 0 aromatic heterocycles. The van der Waals surface area contributed by atoms with Crippen molar-refractivity contribution in [2.45, 2.75) is 31.7 Å². The highest BCUT2D eigenvalue weighted by atomic mass is 79.9. The van der Waals surface area contributed by atoms with Crippen LogP contribution in [0.4, 0.5) is 5.69 Å². The van der Waals surface area contributed by atoms with Crippen molar-refractivity contribution in [2.75, 3.05) is 31.1 Å². The summed E-state index contributed by atoms with van der Waals surface area (Å²) in [7, 11) is 0. The molecule has 0 radical (unpaired) electrons. The minimum Gasteiger partial charge on any atom is -0.368 e. The average Bonchev–Trinajstić information content (AvgIpc) is 3.04. The lowest BCUT2D eigenvalue weighted by Crippen LogP contribution is -2.45. The molecule has 0 amide bonds. The van der Waals surface area contributed by atoms with E-state index in [9.17, 15) is 0 Å². The zero-order chi connectivity index (χ0) is 16.4. The van der Waals surface area contributed by atoms with Crippen LogP contribution in [0.2, 0.25) is 0 Å². The summed E-state index contributed by atoms with van der Waals surface area (Å²) in [6, 6.07) is 18.4. The Bertz CT molecular complexity index is 677. The fourth-order valence-electron chi connectivity index (χ4n) is 4.14. The van der Waals surface area contributed by atoms with Crippen LogP contribution in [0.1, 0.15) is 24.0 Å². The van der Waals surface area contributed by atoms with Gasteiger partial charge in [-0.2, -0.15) is 0 Å². The van der Waals surface area contributed by atoms with Gasteiger partial charge in [0.15, 0.2) is 0 Å². The molecular weight excluding hydrogens is 360 g/mol. The number of piperidine rings is 1. The van der Waals surface area contributed by atoms with Gasteiger partial charge in [0, 0.05) is 42.4 Å². The van der Waals surface area contributed by atoms with Gasteiger partial charge >= 0.3 is 0 Å². The van der Waals surface area contributed by atoms with Gasteiger partial charge in [-0.15, -0.1) is 0 Å². The third-order valence-electron chi connectivity index (χ3n) is 5.54. The molecule has 2 heterocycles. The molecule has 126 valence electrons. The van der Waals surface area contributed by atoms with Crippen LogP contribution in [-0.2, 0) is 12.8 Å². The van der Waals surface area contributed by atoms with Gasteiger partial charge in [0.25, 0.3) is 0 Å². The third kappa shape index (κ3) is 3.52. The lowest BCUT2D eigenvalue weighted by atomic mass is 10.0. The van der Waals surface area contributed by atoms with Crippen LogP contribution in [0.5, 0.6) is 0 Å². The summed E-state index contributed by atoms with van der Waals surface area (Å²) in [6.45, 7) is 4.86. The van der Waals surface area contributed by atoms with Gasteiger partial charge in [0.2, 0.25) is 0 Å². The van der Waals surface area contributed by atoms with E-state index in [-0.39, 0.29) is 0 Å². The Morgan fingerprint density at radius 2 is 1.75 bits per heavy atom. The number of rotatable bonds is 4. The topological polar surface area (TPSA) is 6.48 Å². The smallest absolute Gasteiger partial charge is 0.0413 e. The molecule has 0 atom stereocenters. The summed E-state index contributed by atoms with van der Waals surface area (Å²) >= 11 is 3.63. The number of halogens is 1. The van der Waals surface area contributed by atoms with Crippen molar-refractivity contribution in [1.29, 1.82) is 0 Å². The van der Waals surface area contributed by atoms with Gasteiger partial charge in [-0.3, -0.25) is 0 Å². The Labute approximate surface area is 153 Å². The molecule has 0 saturated carbocycles. The second-order valence-corrected chi connectivity index (χ2v) is 7.94. The number of nitrogens with zero attached hydrogens (tertiary/aromatic N) is 2. The Morgan fingerprint density at radius 1 is 0.958 bits per heavy atom. The van der Waals surface area contributed by atoms with E-state index in [1.54, 1.807) is 0 Å². The second-order valence-electron chi connectivity index (χ2n) is 7.02. The number of benzene rings is 2. The van der Waals surface area contributed by atoms with Crippen molar-refractivity contribution in [1.82, 2.24) is 4.90 Å². The van der Waals surface area contributed by atoms with Crippen LogP contribution in [-0.4, -0.2) is 37.1 Å². The Morgan fingerprint density at radius 3 is 2.54 bits per heavy atom. The van der Waals surface area contributed by atoms with Crippen molar-refractivity contribution in [3.8, 4) is 0 Å². The van der Waals surface area contributed by atoms with Crippen LogP contribution < -0.4 is 4.90 Å². The van der Waals surface area contributed by atoms with E-state index >= 15 is 0 Å². The van der Waals surface area contributed by atoms with Gasteiger partial charge in [0.1, 0.15) is 0 Å². The van der Waals surface area contributed by atoms with Gasteiger partial charge in [0.05, 0.1) is 0 Å². The minimum absolute atomic E-state index is 0.716. The molecule has 2 aromatic carbocycles. The van der Waals surface area contributed by atoms with E-state index < -0.39 is 0 Å². The molecule has 2 aromatic rings. The van der Waals surface area contributed by atoms with Gasteiger partial charge < -0.3 is 9.80 Å². The summed E-state index contributed by atoms with van der Waals surface area (Å²) in [4.78, 5) is 5.30. The number of anilines is 1. The van der Waals surface area contributed by atoms with Crippen molar-refractivity contribution < 1.29 is 0 Å². The maximum absolute atomic E-state index is 3.63. The lowest BCUT2D eigenvalue weighted by molar-refractivity contribution is 0.212. The molecule has 3 heteroatoms. The first kappa shape index (κ1) is 16.2. The molecule has 2 aliphatic heterocycles. The molecule has 0 aliphatic carbocycles. The average molecular weight is 385 g/mol. The molecule has 1 fully saturated rings. The highest BCUT2D eigenvalue weighted by Crippen LogP contribution is 2.34. The molecule has 0 spiro atoms.